The summed E-state index contributed by atoms with van der Waals surface area (Å²) in [4.78, 5) is 0. The maximum atomic E-state index is 6.38. The molecule has 10 rings (SSSR count). The Kier molecular flexibility index (Phi) is 5.84. The van der Waals surface area contributed by atoms with Crippen molar-refractivity contribution in [3.05, 3.63) is 157 Å². The average molecular weight is 631 g/mol. The Hall–Kier alpha value is -6.06. The van der Waals surface area contributed by atoms with Crippen molar-refractivity contribution in [1.29, 1.82) is 0 Å². The Morgan fingerprint density at radius 1 is 0.429 bits per heavy atom. The highest BCUT2D eigenvalue weighted by molar-refractivity contribution is 6.18. The van der Waals surface area contributed by atoms with Gasteiger partial charge in [0.2, 0.25) is 0 Å². The van der Waals surface area contributed by atoms with E-state index in [9.17, 15) is 0 Å². The van der Waals surface area contributed by atoms with E-state index in [0.29, 0.717) is 0 Å². The van der Waals surface area contributed by atoms with Gasteiger partial charge in [-0.2, -0.15) is 0 Å². The molecule has 0 aliphatic carbocycles. The van der Waals surface area contributed by atoms with Crippen LogP contribution in [0.1, 0.15) is 26.3 Å². The highest BCUT2D eigenvalue weighted by Crippen LogP contribution is 2.41. The zero-order valence-corrected chi connectivity index (χ0v) is 27.7. The van der Waals surface area contributed by atoms with Crippen LogP contribution < -0.4 is 0 Å². The Bertz CT molecular complexity index is 2910. The highest BCUT2D eigenvalue weighted by atomic mass is 16.3. The normalized spacial score (nSPS) is 12.4. The number of aromatic nitrogens is 2. The first-order valence-electron chi connectivity index (χ1n) is 17.0. The molecule has 3 heterocycles. The van der Waals surface area contributed by atoms with E-state index in [1.54, 1.807) is 0 Å². The molecule has 0 unspecified atom stereocenters. The summed E-state index contributed by atoms with van der Waals surface area (Å²) in [7, 11) is 0. The second-order valence-corrected chi connectivity index (χ2v) is 14.2. The van der Waals surface area contributed by atoms with Crippen LogP contribution in [0.2, 0.25) is 0 Å². The second kappa shape index (κ2) is 10.2. The van der Waals surface area contributed by atoms with Gasteiger partial charge >= 0.3 is 0 Å². The third-order valence-corrected chi connectivity index (χ3v) is 10.3. The summed E-state index contributed by atoms with van der Waals surface area (Å²) in [6, 6.07) is 55.2. The molecule has 0 radical (unpaired) electrons. The molecular weight excluding hydrogens is 597 g/mol. The number of nitrogens with zero attached hydrogens (tertiary/aromatic N) is 2. The zero-order chi connectivity index (χ0) is 32.9. The number of benzene rings is 7. The summed E-state index contributed by atoms with van der Waals surface area (Å²) in [5.74, 6) is 0. The minimum atomic E-state index is 0.108. The fraction of sp³-hybridized carbons (Fsp3) is 0.0870. The molecule has 0 aliphatic rings. The third-order valence-electron chi connectivity index (χ3n) is 10.3. The van der Waals surface area contributed by atoms with Crippen molar-refractivity contribution >= 4 is 65.6 Å². The van der Waals surface area contributed by atoms with Crippen LogP contribution >= 0.6 is 0 Å². The molecule has 10 aromatic rings. The van der Waals surface area contributed by atoms with Crippen molar-refractivity contribution in [2.45, 2.75) is 26.2 Å². The molecule has 7 aromatic carbocycles. The first-order valence-corrected chi connectivity index (χ1v) is 17.0. The van der Waals surface area contributed by atoms with E-state index in [0.717, 1.165) is 33.1 Å². The maximum Gasteiger partial charge on any atom is 0.137 e. The number of fused-ring (bicyclic) bond motifs is 9. The first kappa shape index (κ1) is 28.0. The molecule has 0 spiro atoms. The van der Waals surface area contributed by atoms with Gasteiger partial charge < -0.3 is 13.6 Å². The van der Waals surface area contributed by atoms with Gasteiger partial charge in [-0.25, -0.2) is 0 Å². The minimum Gasteiger partial charge on any atom is -0.456 e. The smallest absolute Gasteiger partial charge is 0.137 e. The lowest BCUT2D eigenvalue weighted by Gasteiger charge is -2.20. The molecule has 0 saturated heterocycles. The summed E-state index contributed by atoms with van der Waals surface area (Å²) in [5.41, 5.74) is 12.7. The summed E-state index contributed by atoms with van der Waals surface area (Å²) < 4.78 is 11.2. The van der Waals surface area contributed by atoms with Crippen molar-refractivity contribution in [3.63, 3.8) is 0 Å². The molecule has 0 amide bonds. The third kappa shape index (κ3) is 4.15. The van der Waals surface area contributed by atoms with Gasteiger partial charge in [-0.3, -0.25) is 0 Å². The van der Waals surface area contributed by atoms with E-state index in [2.05, 4.69) is 175 Å². The predicted octanol–water partition coefficient (Wildman–Crippen LogP) is 12.7. The molecule has 3 heteroatoms. The summed E-state index contributed by atoms with van der Waals surface area (Å²) in [6.45, 7) is 6.79. The zero-order valence-electron chi connectivity index (χ0n) is 27.7. The number of para-hydroxylation sites is 4. The molecule has 3 nitrogen and oxygen atoms in total. The van der Waals surface area contributed by atoms with Gasteiger partial charge in [-0.15, -0.1) is 0 Å². The topological polar surface area (TPSA) is 23.0 Å². The molecule has 0 saturated carbocycles. The second-order valence-electron chi connectivity index (χ2n) is 14.2. The SMILES string of the molecule is CC(C)(C)c1ccc(-c2ccccc2-n2c3ccccc3c3cc(-n4c5ccccc5c5cc6c(cc54)oc4ccccc46)ccc32)cc1. The fourth-order valence-corrected chi connectivity index (χ4v) is 7.89. The van der Waals surface area contributed by atoms with Crippen LogP contribution in [0, 0.1) is 0 Å². The standard InChI is InChI=1S/C46H34N2O/c1-46(2,3)30-22-20-29(21-23-30)32-12-4-8-16-39(32)48-41-18-10-6-13-33(41)36-26-31(24-25-42(36)48)47-40-17-9-5-14-34(40)37-27-38-35-15-7-11-19-44(35)49-45(38)28-43(37)47/h4-28H,1-3H3. The van der Waals surface area contributed by atoms with Gasteiger partial charge in [0.05, 0.1) is 27.8 Å². The van der Waals surface area contributed by atoms with Gasteiger partial charge in [0.15, 0.2) is 0 Å². The van der Waals surface area contributed by atoms with E-state index in [4.69, 9.17) is 4.42 Å². The number of hydrogen-bond donors (Lipinski definition) is 0. The molecule has 234 valence electrons. The summed E-state index contributed by atoms with van der Waals surface area (Å²) in [6.07, 6.45) is 0. The van der Waals surface area contributed by atoms with E-state index in [1.807, 2.05) is 6.07 Å². The van der Waals surface area contributed by atoms with Crippen molar-refractivity contribution in [2.24, 2.45) is 0 Å². The van der Waals surface area contributed by atoms with Gasteiger partial charge in [-0.1, -0.05) is 118 Å². The monoisotopic (exact) mass is 630 g/mol. The lowest BCUT2D eigenvalue weighted by atomic mass is 9.86. The van der Waals surface area contributed by atoms with Gasteiger partial charge in [-0.05, 0) is 65.1 Å². The van der Waals surface area contributed by atoms with E-state index in [1.165, 1.54) is 60.5 Å². The van der Waals surface area contributed by atoms with Crippen LogP contribution in [-0.4, -0.2) is 9.13 Å². The lowest BCUT2D eigenvalue weighted by molar-refractivity contribution is 0.590. The quantitative estimate of drug-likeness (QED) is 0.190. The molecule has 0 bridgehead atoms. The van der Waals surface area contributed by atoms with Gasteiger partial charge in [0.25, 0.3) is 0 Å². The first-order chi connectivity index (χ1) is 23.9. The Morgan fingerprint density at radius 2 is 1.04 bits per heavy atom. The Morgan fingerprint density at radius 3 is 1.80 bits per heavy atom. The Balaban J connectivity index is 1.21. The molecule has 0 atom stereocenters. The van der Waals surface area contributed by atoms with Crippen LogP contribution in [0.25, 0.3) is 88.1 Å². The van der Waals surface area contributed by atoms with Crippen LogP contribution in [0.5, 0.6) is 0 Å². The lowest BCUT2D eigenvalue weighted by Crippen LogP contribution is -2.10. The van der Waals surface area contributed by atoms with E-state index < -0.39 is 0 Å². The van der Waals surface area contributed by atoms with E-state index >= 15 is 0 Å². The largest absolute Gasteiger partial charge is 0.456 e. The van der Waals surface area contributed by atoms with Gasteiger partial charge in [0.1, 0.15) is 11.2 Å². The molecule has 3 aromatic heterocycles. The molecule has 0 N–H and O–H groups in total. The van der Waals surface area contributed by atoms with Crippen LogP contribution in [0.15, 0.2) is 156 Å². The molecular formula is C46H34N2O. The van der Waals surface area contributed by atoms with Crippen LogP contribution in [0.4, 0.5) is 0 Å². The fourth-order valence-electron chi connectivity index (χ4n) is 7.89. The highest BCUT2D eigenvalue weighted by Gasteiger charge is 2.20. The Labute approximate surface area is 284 Å². The molecule has 0 aliphatic heterocycles. The van der Waals surface area contributed by atoms with Crippen molar-refractivity contribution in [2.75, 3.05) is 0 Å². The van der Waals surface area contributed by atoms with Gasteiger partial charge in [0, 0.05) is 49.6 Å². The number of furan rings is 1. The maximum absolute atomic E-state index is 6.38. The predicted molar refractivity (Wildman–Crippen MR) is 207 cm³/mol. The number of rotatable bonds is 3. The van der Waals surface area contributed by atoms with Crippen LogP contribution in [0.3, 0.4) is 0 Å². The molecule has 0 fully saturated rings. The van der Waals surface area contributed by atoms with Crippen molar-refractivity contribution in [1.82, 2.24) is 9.13 Å². The average Bonchev–Trinajstić information content (AvgIpc) is 3.77. The minimum absolute atomic E-state index is 0.108. The summed E-state index contributed by atoms with van der Waals surface area (Å²) in [5, 5.41) is 7.22. The number of hydrogen-bond acceptors (Lipinski definition) is 1. The van der Waals surface area contributed by atoms with Crippen molar-refractivity contribution < 1.29 is 4.42 Å². The van der Waals surface area contributed by atoms with E-state index in [-0.39, 0.29) is 5.41 Å². The van der Waals surface area contributed by atoms with Crippen LogP contribution in [-0.2, 0) is 5.41 Å². The van der Waals surface area contributed by atoms with Crippen molar-refractivity contribution in [3.8, 4) is 22.5 Å². The summed E-state index contributed by atoms with van der Waals surface area (Å²) >= 11 is 0. The molecule has 49 heavy (non-hydrogen) atoms.